The van der Waals surface area contributed by atoms with Crippen molar-refractivity contribution in [3.05, 3.63) is 115 Å². The van der Waals surface area contributed by atoms with E-state index in [4.69, 9.17) is 4.74 Å². The third-order valence-electron chi connectivity index (χ3n) is 6.25. The van der Waals surface area contributed by atoms with Crippen LogP contribution in [-0.4, -0.2) is 14.5 Å². The average molecular weight is 496 g/mol. The summed E-state index contributed by atoms with van der Waals surface area (Å²) >= 11 is 0. The number of para-hydroxylation sites is 1. The standard InChI is InChI=1S/C30H20F3N3O/c1-19-9-14-29(35-17-19)37-23-6-4-5-20(15-23)21-10-12-25-24-7-2-3-8-26(24)36(27(25)16-21)28-13-11-22(18-34-28)30(31,32)33/h2-18H,1H3. The summed E-state index contributed by atoms with van der Waals surface area (Å²) in [6, 6.07) is 27.8. The maximum atomic E-state index is 13.1. The quantitative estimate of drug-likeness (QED) is 0.247. The Morgan fingerprint density at radius 1 is 0.703 bits per heavy atom. The fourth-order valence-electron chi connectivity index (χ4n) is 4.46. The smallest absolute Gasteiger partial charge is 0.417 e. The number of rotatable bonds is 4. The number of alkyl halides is 3. The van der Waals surface area contributed by atoms with Crippen molar-refractivity contribution < 1.29 is 17.9 Å². The Balaban J connectivity index is 1.46. The number of aryl methyl sites for hydroxylation is 1. The van der Waals surface area contributed by atoms with Crippen LogP contribution in [0.2, 0.25) is 0 Å². The van der Waals surface area contributed by atoms with Crippen LogP contribution in [0.5, 0.6) is 11.6 Å². The van der Waals surface area contributed by atoms with Crippen molar-refractivity contribution in [2.75, 3.05) is 0 Å². The largest absolute Gasteiger partial charge is 0.439 e. The minimum atomic E-state index is -4.44. The molecule has 0 saturated heterocycles. The number of halogens is 3. The summed E-state index contributed by atoms with van der Waals surface area (Å²) in [6.45, 7) is 1.97. The summed E-state index contributed by atoms with van der Waals surface area (Å²) in [5, 5.41) is 1.98. The lowest BCUT2D eigenvalue weighted by Gasteiger charge is -2.11. The second-order valence-corrected chi connectivity index (χ2v) is 8.79. The van der Waals surface area contributed by atoms with Crippen molar-refractivity contribution in [3.8, 4) is 28.6 Å². The highest BCUT2D eigenvalue weighted by atomic mass is 19.4. The second kappa shape index (κ2) is 8.78. The first-order valence-corrected chi connectivity index (χ1v) is 11.6. The van der Waals surface area contributed by atoms with E-state index < -0.39 is 11.7 Å². The number of aromatic nitrogens is 3. The molecule has 7 heteroatoms. The molecule has 37 heavy (non-hydrogen) atoms. The third-order valence-corrected chi connectivity index (χ3v) is 6.25. The highest BCUT2D eigenvalue weighted by Crippen LogP contribution is 2.36. The number of benzene rings is 3. The minimum Gasteiger partial charge on any atom is -0.439 e. The van der Waals surface area contributed by atoms with Gasteiger partial charge in [0.05, 0.1) is 16.6 Å². The normalized spacial score (nSPS) is 11.8. The number of hydrogen-bond donors (Lipinski definition) is 0. The highest BCUT2D eigenvalue weighted by molar-refractivity contribution is 6.10. The third kappa shape index (κ3) is 4.29. The molecule has 6 aromatic rings. The van der Waals surface area contributed by atoms with Crippen LogP contribution in [0.4, 0.5) is 13.2 Å². The van der Waals surface area contributed by atoms with Crippen LogP contribution < -0.4 is 4.74 Å². The van der Waals surface area contributed by atoms with Crippen LogP contribution in [0.15, 0.2) is 103 Å². The SMILES string of the molecule is Cc1ccc(Oc2cccc(-c3ccc4c5ccccc5n(-c5ccc(C(F)(F)F)cn5)c4c3)c2)nc1. The van der Waals surface area contributed by atoms with Gasteiger partial charge in [-0.2, -0.15) is 13.2 Å². The van der Waals surface area contributed by atoms with E-state index in [1.807, 2.05) is 90.4 Å². The monoisotopic (exact) mass is 495 g/mol. The Labute approximate surface area is 210 Å². The summed E-state index contributed by atoms with van der Waals surface area (Å²) < 4.78 is 47.2. The van der Waals surface area contributed by atoms with E-state index in [1.165, 1.54) is 6.07 Å². The molecule has 0 aliphatic heterocycles. The van der Waals surface area contributed by atoms with Crippen LogP contribution in [0, 0.1) is 6.92 Å². The molecular formula is C30H20F3N3O. The zero-order valence-electron chi connectivity index (χ0n) is 19.7. The fraction of sp³-hybridized carbons (Fsp3) is 0.0667. The van der Waals surface area contributed by atoms with E-state index in [0.717, 1.165) is 50.8 Å². The van der Waals surface area contributed by atoms with Gasteiger partial charge in [0.2, 0.25) is 5.88 Å². The van der Waals surface area contributed by atoms with Gasteiger partial charge in [-0.1, -0.05) is 48.5 Å². The van der Waals surface area contributed by atoms with Crippen molar-refractivity contribution in [2.24, 2.45) is 0 Å². The lowest BCUT2D eigenvalue weighted by molar-refractivity contribution is -0.137. The zero-order valence-corrected chi connectivity index (χ0v) is 19.7. The molecule has 0 atom stereocenters. The average Bonchev–Trinajstić information content (AvgIpc) is 3.23. The summed E-state index contributed by atoms with van der Waals surface area (Å²) in [4.78, 5) is 8.48. The molecule has 3 aromatic heterocycles. The number of ether oxygens (including phenoxy) is 1. The topological polar surface area (TPSA) is 39.9 Å². The molecule has 0 aliphatic carbocycles. The van der Waals surface area contributed by atoms with Gasteiger partial charge in [0.25, 0.3) is 0 Å². The van der Waals surface area contributed by atoms with Crippen molar-refractivity contribution in [2.45, 2.75) is 13.1 Å². The lowest BCUT2D eigenvalue weighted by Crippen LogP contribution is -2.06. The first-order chi connectivity index (χ1) is 17.9. The molecular weight excluding hydrogens is 475 g/mol. The maximum absolute atomic E-state index is 13.1. The van der Waals surface area contributed by atoms with Gasteiger partial charge in [0.1, 0.15) is 11.6 Å². The molecule has 4 nitrogen and oxygen atoms in total. The Hall–Kier alpha value is -4.65. The maximum Gasteiger partial charge on any atom is 0.417 e. The molecule has 0 unspecified atom stereocenters. The number of fused-ring (bicyclic) bond motifs is 3. The van der Waals surface area contributed by atoms with Crippen molar-refractivity contribution in [3.63, 3.8) is 0 Å². The molecule has 3 aromatic carbocycles. The van der Waals surface area contributed by atoms with Gasteiger partial charge in [0, 0.05) is 29.2 Å². The first-order valence-electron chi connectivity index (χ1n) is 11.6. The molecule has 0 saturated carbocycles. The van der Waals surface area contributed by atoms with Gasteiger partial charge < -0.3 is 4.74 Å². The van der Waals surface area contributed by atoms with Gasteiger partial charge in [0.15, 0.2) is 0 Å². The van der Waals surface area contributed by atoms with Crippen LogP contribution in [-0.2, 0) is 6.18 Å². The molecule has 0 fully saturated rings. The Morgan fingerprint density at radius 3 is 2.27 bits per heavy atom. The summed E-state index contributed by atoms with van der Waals surface area (Å²) in [5.41, 5.74) is 3.85. The van der Waals surface area contributed by atoms with E-state index in [1.54, 1.807) is 6.20 Å². The van der Waals surface area contributed by atoms with Gasteiger partial charge in [-0.3, -0.25) is 4.57 Å². The number of pyridine rings is 2. The van der Waals surface area contributed by atoms with Gasteiger partial charge in [-0.25, -0.2) is 9.97 Å². The lowest BCUT2D eigenvalue weighted by atomic mass is 10.0. The molecule has 0 radical (unpaired) electrons. The van der Waals surface area contributed by atoms with Crippen LogP contribution in [0.3, 0.4) is 0 Å². The molecule has 0 N–H and O–H groups in total. The predicted molar refractivity (Wildman–Crippen MR) is 138 cm³/mol. The number of nitrogens with zero attached hydrogens (tertiary/aromatic N) is 3. The van der Waals surface area contributed by atoms with E-state index >= 15 is 0 Å². The molecule has 0 amide bonds. The van der Waals surface area contributed by atoms with Gasteiger partial charge >= 0.3 is 6.18 Å². The highest BCUT2D eigenvalue weighted by Gasteiger charge is 2.30. The molecule has 0 spiro atoms. The summed E-state index contributed by atoms with van der Waals surface area (Å²) in [5.74, 6) is 1.57. The molecule has 182 valence electrons. The predicted octanol–water partition coefficient (Wildman–Crippen LogP) is 8.36. The fourth-order valence-corrected chi connectivity index (χ4v) is 4.46. The van der Waals surface area contributed by atoms with E-state index in [-0.39, 0.29) is 0 Å². The van der Waals surface area contributed by atoms with Gasteiger partial charge in [-0.05, 0) is 60.0 Å². The van der Waals surface area contributed by atoms with E-state index in [0.29, 0.717) is 17.4 Å². The molecule has 0 aliphatic rings. The van der Waals surface area contributed by atoms with Crippen LogP contribution in [0.25, 0.3) is 38.8 Å². The van der Waals surface area contributed by atoms with Crippen molar-refractivity contribution in [1.29, 1.82) is 0 Å². The Morgan fingerprint density at radius 2 is 1.51 bits per heavy atom. The molecule has 0 bridgehead atoms. The second-order valence-electron chi connectivity index (χ2n) is 8.79. The van der Waals surface area contributed by atoms with Gasteiger partial charge in [-0.15, -0.1) is 0 Å². The number of hydrogen-bond acceptors (Lipinski definition) is 3. The van der Waals surface area contributed by atoms with E-state index in [2.05, 4.69) is 9.97 Å². The van der Waals surface area contributed by atoms with Crippen molar-refractivity contribution in [1.82, 2.24) is 14.5 Å². The van der Waals surface area contributed by atoms with E-state index in [9.17, 15) is 13.2 Å². The zero-order chi connectivity index (χ0) is 25.6. The van der Waals surface area contributed by atoms with Crippen LogP contribution in [0.1, 0.15) is 11.1 Å². The molecule has 6 rings (SSSR count). The Bertz CT molecular complexity index is 1740. The van der Waals surface area contributed by atoms with Crippen molar-refractivity contribution >= 4 is 21.8 Å². The first kappa shape index (κ1) is 22.8. The summed E-state index contributed by atoms with van der Waals surface area (Å²) in [7, 11) is 0. The minimum absolute atomic E-state index is 0.416. The Kier molecular flexibility index (Phi) is 5.41. The summed E-state index contributed by atoms with van der Waals surface area (Å²) in [6.07, 6.45) is -1.82. The van der Waals surface area contributed by atoms with Crippen LogP contribution >= 0.6 is 0 Å². The molecule has 3 heterocycles.